The highest BCUT2D eigenvalue weighted by Gasteiger charge is 2.30. The van der Waals surface area contributed by atoms with Crippen molar-refractivity contribution >= 4 is 33.6 Å². The van der Waals surface area contributed by atoms with Gasteiger partial charge in [0.05, 0.1) is 26.4 Å². The lowest BCUT2D eigenvalue weighted by atomic mass is 10.0. The molecule has 0 heterocycles. The van der Waals surface area contributed by atoms with Crippen molar-refractivity contribution in [2.75, 3.05) is 39.6 Å². The summed E-state index contributed by atoms with van der Waals surface area (Å²) in [6, 6.07) is 0. The molecular weight excluding hydrogens is 1680 g/mol. The minimum absolute atomic E-state index is 0.102. The Kier molecular flexibility index (Phi) is 99.8. The Balaban J connectivity index is 4.60. The molecule has 0 bridgehead atoms. The third-order valence-electron chi connectivity index (χ3n) is 22.9. The molecule has 0 saturated carbocycles. The first-order valence-electron chi connectivity index (χ1n) is 53.4. The van der Waals surface area contributed by atoms with Gasteiger partial charge in [-0.05, 0) is 154 Å². The number of ether oxygens (including phenoxy) is 3. The maximum Gasteiger partial charge on any atom is 0.472 e. The molecule has 16 nitrogen and oxygen atoms in total. The number of rotatable bonds is 101. The van der Waals surface area contributed by atoms with E-state index in [1.165, 1.54) is 257 Å². The molecule has 131 heavy (non-hydrogen) atoms. The molecule has 754 valence electrons. The number of allylic oxidation sites excluding steroid dienone is 28. The summed E-state index contributed by atoms with van der Waals surface area (Å²) >= 11 is 0. The minimum atomic E-state index is -4.95. The van der Waals surface area contributed by atoms with Crippen LogP contribution in [0.2, 0.25) is 0 Å². The fourth-order valence-corrected chi connectivity index (χ4v) is 16.5. The Morgan fingerprint density at radius 2 is 0.405 bits per heavy atom. The Bertz CT molecular complexity index is 3060. The van der Waals surface area contributed by atoms with Crippen LogP contribution in [0.3, 0.4) is 0 Å². The smallest absolute Gasteiger partial charge is 0.463 e. The van der Waals surface area contributed by atoms with Gasteiger partial charge in [-0.25, -0.2) is 9.13 Å². The number of phosphoric acid groups is 2. The van der Waals surface area contributed by atoms with E-state index in [-0.39, 0.29) is 19.3 Å². The number of phosphoric ester groups is 2. The number of carbonyl (C=O) groups is 3. The molecule has 0 aromatic rings. The molecule has 18 heteroatoms. The minimum Gasteiger partial charge on any atom is -0.463 e. The topological polar surface area (TPSA) is 231 Å². The molecular formula is C113H196O16P2. The van der Waals surface area contributed by atoms with Crippen LogP contribution in [0, 0.1) is 0 Å². The van der Waals surface area contributed by atoms with Crippen LogP contribution >= 0.6 is 15.6 Å². The summed E-state index contributed by atoms with van der Waals surface area (Å²) in [4.78, 5) is 59.3. The number of carbonyl (C=O) groups excluding carboxylic acids is 3. The van der Waals surface area contributed by atoms with Crippen molar-refractivity contribution in [1.82, 2.24) is 0 Å². The summed E-state index contributed by atoms with van der Waals surface area (Å²) in [5.41, 5.74) is 0. The summed E-state index contributed by atoms with van der Waals surface area (Å²) in [7, 11) is -9.82. The molecule has 4 N–H and O–H groups in total. The first kappa shape index (κ1) is 126. The second kappa shape index (κ2) is 104. The SMILES string of the molecule is CC/C=C\C/C=C\C/C=C\C/C=C\C/C=C\CCCCCCCCCCCCCCCCCCCC(=O)OCC(O)COP(=O)(O)OCC(O)COP(=O)(O)OCC(COC(=O)CCCCCCCCCCCCCCCCCCC/C=C\C/C=C\C/C=C\C/C=C\C/C=C\CC)OC(=O)CCCCCCCCCCCCCCC/C=C\C/C=C\C/C=C\C/C=C\CCCCC. The highest BCUT2D eigenvalue weighted by molar-refractivity contribution is 7.47. The molecule has 5 atom stereocenters. The van der Waals surface area contributed by atoms with E-state index in [2.05, 4.69) is 191 Å². The van der Waals surface area contributed by atoms with Crippen LogP contribution in [-0.4, -0.2) is 95.9 Å². The van der Waals surface area contributed by atoms with Gasteiger partial charge in [0.15, 0.2) is 6.10 Å². The van der Waals surface area contributed by atoms with Gasteiger partial charge in [-0.1, -0.05) is 467 Å². The molecule has 0 aliphatic rings. The first-order valence-corrected chi connectivity index (χ1v) is 56.4. The van der Waals surface area contributed by atoms with Crippen molar-refractivity contribution in [3.63, 3.8) is 0 Å². The quantitative estimate of drug-likeness (QED) is 0.0146. The fourth-order valence-electron chi connectivity index (χ4n) is 14.9. The van der Waals surface area contributed by atoms with Crippen LogP contribution in [0.1, 0.15) is 470 Å². The molecule has 0 aliphatic carbocycles. The van der Waals surface area contributed by atoms with E-state index < -0.39 is 91.5 Å². The summed E-state index contributed by atoms with van der Waals surface area (Å²) in [6.45, 7) is 2.52. The highest BCUT2D eigenvalue weighted by Crippen LogP contribution is 2.45. The van der Waals surface area contributed by atoms with E-state index in [0.29, 0.717) is 19.3 Å². The van der Waals surface area contributed by atoms with Gasteiger partial charge in [-0.2, -0.15) is 0 Å². The van der Waals surface area contributed by atoms with E-state index >= 15 is 0 Å². The zero-order valence-corrected chi connectivity index (χ0v) is 85.5. The monoisotopic (exact) mass is 1870 g/mol. The third-order valence-corrected chi connectivity index (χ3v) is 24.8. The van der Waals surface area contributed by atoms with Gasteiger partial charge < -0.3 is 34.2 Å². The van der Waals surface area contributed by atoms with Crippen molar-refractivity contribution in [3.8, 4) is 0 Å². The van der Waals surface area contributed by atoms with Crippen molar-refractivity contribution < 1.29 is 75.8 Å². The fraction of sp³-hybridized carbons (Fsp3) is 0.726. The standard InChI is InChI=1S/C113H196O16P2/c1-4-7-10-13-16-19-22-25-28-31-34-37-40-43-46-49-51-53-55-58-60-63-66-69-72-75-78-81-84-87-90-93-96-99-111(116)123-102-108(114)103-125-130(119,120)126-104-109(115)105-127-131(121,122)128-107-110(129-113(118)101-98-95-92-89-86-83-80-77-74-71-68-65-62-57-48-45-42-39-36-33-30-27-24-21-18-15-12-9-6-3)106-124-112(117)100-97-94-91-88-85-82-79-76-73-70-67-64-61-59-56-54-52-50-47-44-41-38-35-32-29-26-23-20-17-14-11-8-5-2/h7-8,10-11,16-21,25-30,34-39,43-48,108-110,114-115H,4-6,9,12-15,22-24,31-33,40-42,49-107H2,1-3H3,(H,119,120)(H,121,122)/b10-7-,11-8-,19-16-,20-17-,21-18-,28-25-,29-26-,30-27-,37-34-,38-35-,39-36-,46-43-,47-44-,48-45-. The van der Waals surface area contributed by atoms with Gasteiger partial charge in [-0.3, -0.25) is 32.5 Å². The van der Waals surface area contributed by atoms with Crippen LogP contribution in [0.5, 0.6) is 0 Å². The van der Waals surface area contributed by atoms with Crippen LogP contribution in [0.4, 0.5) is 0 Å². The Morgan fingerprint density at radius 3 is 0.641 bits per heavy atom. The van der Waals surface area contributed by atoms with Crippen molar-refractivity contribution in [2.24, 2.45) is 0 Å². The molecule has 0 fully saturated rings. The van der Waals surface area contributed by atoms with Crippen LogP contribution in [0.25, 0.3) is 0 Å². The number of hydrogen-bond acceptors (Lipinski definition) is 14. The van der Waals surface area contributed by atoms with Gasteiger partial charge >= 0.3 is 33.6 Å². The van der Waals surface area contributed by atoms with Crippen LogP contribution < -0.4 is 0 Å². The molecule has 0 amide bonds. The molecule has 0 rings (SSSR count). The third kappa shape index (κ3) is 105. The maximum absolute atomic E-state index is 13.1. The van der Waals surface area contributed by atoms with E-state index in [1.54, 1.807) is 0 Å². The number of unbranched alkanes of at least 4 members (excludes halogenated alkanes) is 50. The van der Waals surface area contributed by atoms with Gasteiger partial charge in [0.1, 0.15) is 25.4 Å². The summed E-state index contributed by atoms with van der Waals surface area (Å²) < 4.78 is 61.8. The van der Waals surface area contributed by atoms with Crippen LogP contribution in [0.15, 0.2) is 170 Å². The zero-order chi connectivity index (χ0) is 95.0. The largest absolute Gasteiger partial charge is 0.472 e. The van der Waals surface area contributed by atoms with Crippen LogP contribution in [-0.2, 0) is 55.8 Å². The second-order valence-electron chi connectivity index (χ2n) is 35.6. The van der Waals surface area contributed by atoms with E-state index in [1.807, 2.05) is 0 Å². The molecule has 0 spiro atoms. The average molecular weight is 1870 g/mol. The summed E-state index contributed by atoms with van der Waals surface area (Å²) in [5, 5.41) is 20.8. The molecule has 0 aromatic carbocycles. The predicted octanol–water partition coefficient (Wildman–Crippen LogP) is 34.1. The highest BCUT2D eigenvalue weighted by atomic mass is 31.2. The van der Waals surface area contributed by atoms with Gasteiger partial charge in [0.25, 0.3) is 0 Å². The molecule has 0 saturated heterocycles. The Hall–Kier alpha value is -5.09. The molecule has 0 aromatic heterocycles. The lowest BCUT2D eigenvalue weighted by Crippen LogP contribution is -2.30. The predicted molar refractivity (Wildman–Crippen MR) is 555 cm³/mol. The number of aliphatic hydroxyl groups is 2. The lowest BCUT2D eigenvalue weighted by Gasteiger charge is -2.21. The summed E-state index contributed by atoms with van der Waals surface area (Å²) in [6.07, 6.45) is 137. The van der Waals surface area contributed by atoms with E-state index in [9.17, 15) is 43.5 Å². The van der Waals surface area contributed by atoms with Gasteiger partial charge in [0, 0.05) is 19.3 Å². The van der Waals surface area contributed by atoms with Gasteiger partial charge in [0.2, 0.25) is 0 Å². The van der Waals surface area contributed by atoms with Crippen molar-refractivity contribution in [1.29, 1.82) is 0 Å². The molecule has 0 radical (unpaired) electrons. The first-order chi connectivity index (χ1) is 64.2. The average Bonchev–Trinajstić information content (AvgIpc) is 0.899. The number of hydrogen-bond donors (Lipinski definition) is 4. The number of aliphatic hydroxyl groups excluding tert-OH is 2. The van der Waals surface area contributed by atoms with Crippen molar-refractivity contribution in [2.45, 2.75) is 489 Å². The molecule has 0 aliphatic heterocycles. The van der Waals surface area contributed by atoms with E-state index in [0.717, 1.165) is 154 Å². The lowest BCUT2D eigenvalue weighted by molar-refractivity contribution is -0.161. The van der Waals surface area contributed by atoms with Crippen molar-refractivity contribution in [3.05, 3.63) is 170 Å². The zero-order valence-electron chi connectivity index (χ0n) is 83.7. The van der Waals surface area contributed by atoms with E-state index in [4.69, 9.17) is 32.3 Å². The molecule has 5 unspecified atom stereocenters. The Morgan fingerprint density at radius 1 is 0.221 bits per heavy atom. The Labute approximate surface area is 803 Å². The number of esters is 3. The maximum atomic E-state index is 13.1. The normalized spacial score (nSPS) is 14.3. The van der Waals surface area contributed by atoms with Gasteiger partial charge in [-0.15, -0.1) is 0 Å². The second-order valence-corrected chi connectivity index (χ2v) is 38.6. The summed E-state index contributed by atoms with van der Waals surface area (Å²) in [5.74, 6) is -1.55.